The number of aliphatic hydroxyl groups is 1. The van der Waals surface area contributed by atoms with E-state index >= 15 is 0 Å². The highest BCUT2D eigenvalue weighted by Gasteiger charge is 2.26. The van der Waals surface area contributed by atoms with Crippen molar-refractivity contribution in [1.29, 1.82) is 0 Å². The Balaban J connectivity index is 1.50. The van der Waals surface area contributed by atoms with Crippen LogP contribution in [0, 0.1) is 0 Å². The number of piperazine rings is 1. The number of aliphatic hydroxyl groups excluding tert-OH is 1. The Bertz CT molecular complexity index is 938. The van der Waals surface area contributed by atoms with Gasteiger partial charge in [0.2, 0.25) is 11.8 Å². The maximum Gasteiger partial charge on any atom is 0.236 e. The molecule has 0 saturated carbocycles. The van der Waals surface area contributed by atoms with E-state index in [4.69, 9.17) is 21.1 Å². The van der Waals surface area contributed by atoms with Crippen LogP contribution in [0.2, 0.25) is 5.02 Å². The quantitative estimate of drug-likeness (QED) is 0.596. The summed E-state index contributed by atoms with van der Waals surface area (Å²) in [7, 11) is 1.53. The smallest absolute Gasteiger partial charge is 0.236 e. The van der Waals surface area contributed by atoms with Gasteiger partial charge >= 0.3 is 0 Å². The second kappa shape index (κ2) is 11.2. The van der Waals surface area contributed by atoms with Gasteiger partial charge < -0.3 is 24.8 Å². The molecular weight excluding hydrogens is 434 g/mol. The summed E-state index contributed by atoms with van der Waals surface area (Å²) in [6.45, 7) is 3.75. The number of methoxy groups -OCH3 is 1. The molecule has 9 heteroatoms. The molecule has 0 aromatic heterocycles. The maximum absolute atomic E-state index is 12.6. The molecule has 8 nitrogen and oxygen atoms in total. The summed E-state index contributed by atoms with van der Waals surface area (Å²) < 4.78 is 10.9. The van der Waals surface area contributed by atoms with Crippen LogP contribution < -0.4 is 14.8 Å². The van der Waals surface area contributed by atoms with Crippen molar-refractivity contribution in [2.45, 2.75) is 19.6 Å². The second-order valence-corrected chi connectivity index (χ2v) is 8.12. The van der Waals surface area contributed by atoms with E-state index in [-0.39, 0.29) is 25.0 Å². The highest BCUT2D eigenvalue weighted by molar-refractivity contribution is 6.30. The first-order chi connectivity index (χ1) is 15.3. The molecule has 0 unspecified atom stereocenters. The Morgan fingerprint density at radius 1 is 1.22 bits per heavy atom. The van der Waals surface area contributed by atoms with Crippen LogP contribution in [0.3, 0.4) is 0 Å². The molecule has 172 valence electrons. The van der Waals surface area contributed by atoms with Crippen molar-refractivity contribution in [3.05, 3.63) is 53.1 Å². The molecule has 0 radical (unpaired) electrons. The van der Waals surface area contributed by atoms with E-state index in [0.717, 1.165) is 5.56 Å². The number of carbonyl (C=O) groups excluding carboxylic acids is 2. The van der Waals surface area contributed by atoms with Gasteiger partial charge in [0.05, 0.1) is 19.3 Å². The fourth-order valence-corrected chi connectivity index (χ4v) is 3.59. The van der Waals surface area contributed by atoms with Crippen molar-refractivity contribution in [3.8, 4) is 11.5 Å². The lowest BCUT2D eigenvalue weighted by molar-refractivity contribution is -0.138. The van der Waals surface area contributed by atoms with Crippen LogP contribution in [0.15, 0.2) is 42.5 Å². The number of nitrogens with one attached hydrogen (secondary N) is 1. The van der Waals surface area contributed by atoms with E-state index in [2.05, 4.69) is 10.2 Å². The average molecular weight is 462 g/mol. The number of nitrogens with zero attached hydrogens (tertiary/aromatic N) is 2. The molecule has 1 heterocycles. The molecule has 2 aromatic rings. The van der Waals surface area contributed by atoms with Crippen molar-refractivity contribution in [2.75, 3.05) is 45.2 Å². The zero-order chi connectivity index (χ0) is 23.1. The molecule has 2 aromatic carbocycles. The first kappa shape index (κ1) is 23.8. The Labute approximate surface area is 192 Å². The lowest BCUT2D eigenvalue weighted by Crippen LogP contribution is -2.52. The van der Waals surface area contributed by atoms with Crippen LogP contribution >= 0.6 is 11.6 Å². The van der Waals surface area contributed by atoms with Gasteiger partial charge in [0.1, 0.15) is 24.2 Å². The standard InChI is InChI=1S/C23H28ClN3O5/c1-16(28)25-21-8-7-20(31-2)11-22(21)32-15-19(29)13-27-10-9-26(14-23(27)30)12-17-3-5-18(24)6-4-17/h3-8,11,19,29H,9-10,12-15H2,1-2H3,(H,25,28)/t19-/m1/s1. The summed E-state index contributed by atoms with van der Waals surface area (Å²) in [5.41, 5.74) is 1.58. The third kappa shape index (κ3) is 6.85. The summed E-state index contributed by atoms with van der Waals surface area (Å²) in [6.07, 6.45) is -0.877. The molecule has 1 fully saturated rings. The van der Waals surface area contributed by atoms with E-state index in [9.17, 15) is 14.7 Å². The molecular formula is C23H28ClN3O5. The molecule has 2 N–H and O–H groups in total. The number of β-amino-alcohol motifs (C(OH)–C–C–N with tert-alkyl or cyclic N) is 1. The van der Waals surface area contributed by atoms with Crippen molar-refractivity contribution in [3.63, 3.8) is 0 Å². The van der Waals surface area contributed by atoms with Gasteiger partial charge in [-0.05, 0) is 29.8 Å². The fraction of sp³-hybridized carbons (Fsp3) is 0.391. The SMILES string of the molecule is COc1ccc(NC(C)=O)c(OC[C@H](O)CN2CCN(Cc3ccc(Cl)cc3)CC2=O)c1. The lowest BCUT2D eigenvalue weighted by atomic mass is 10.2. The molecule has 2 amide bonds. The van der Waals surface area contributed by atoms with Crippen LogP contribution in [0.5, 0.6) is 11.5 Å². The van der Waals surface area contributed by atoms with Gasteiger partial charge in [-0.15, -0.1) is 0 Å². The van der Waals surface area contributed by atoms with Gasteiger partial charge in [-0.3, -0.25) is 14.5 Å². The summed E-state index contributed by atoms with van der Waals surface area (Å²) in [5, 5.41) is 13.8. The van der Waals surface area contributed by atoms with Gasteiger partial charge in [0.25, 0.3) is 0 Å². The van der Waals surface area contributed by atoms with Crippen LogP contribution in [0.4, 0.5) is 5.69 Å². The van der Waals surface area contributed by atoms with Crippen molar-refractivity contribution >= 4 is 29.1 Å². The van der Waals surface area contributed by atoms with Crippen LogP contribution in [0.1, 0.15) is 12.5 Å². The van der Waals surface area contributed by atoms with E-state index in [0.29, 0.717) is 48.4 Å². The number of hydrogen-bond acceptors (Lipinski definition) is 6. The zero-order valence-corrected chi connectivity index (χ0v) is 19.0. The number of halogens is 1. The molecule has 1 atom stereocenters. The zero-order valence-electron chi connectivity index (χ0n) is 18.2. The van der Waals surface area contributed by atoms with E-state index in [1.807, 2.05) is 24.3 Å². The minimum atomic E-state index is -0.877. The molecule has 3 rings (SSSR count). The van der Waals surface area contributed by atoms with Crippen molar-refractivity contribution in [1.82, 2.24) is 9.80 Å². The number of ether oxygens (including phenoxy) is 2. The van der Waals surface area contributed by atoms with Gasteiger partial charge in [0, 0.05) is 44.2 Å². The predicted molar refractivity (Wildman–Crippen MR) is 122 cm³/mol. The molecule has 1 aliphatic rings. The van der Waals surface area contributed by atoms with Crippen LogP contribution in [0.25, 0.3) is 0 Å². The summed E-state index contributed by atoms with van der Waals surface area (Å²) >= 11 is 5.92. The molecule has 0 bridgehead atoms. The number of rotatable bonds is 9. The minimum absolute atomic E-state index is 0.0297. The van der Waals surface area contributed by atoms with Gasteiger partial charge in [-0.1, -0.05) is 23.7 Å². The number of amides is 2. The topological polar surface area (TPSA) is 91.3 Å². The number of anilines is 1. The normalized spacial score (nSPS) is 15.4. The van der Waals surface area contributed by atoms with Gasteiger partial charge in [-0.2, -0.15) is 0 Å². The monoisotopic (exact) mass is 461 g/mol. The Kier molecular flexibility index (Phi) is 8.33. The lowest BCUT2D eigenvalue weighted by Gasteiger charge is -2.35. The van der Waals surface area contributed by atoms with E-state index < -0.39 is 6.10 Å². The highest BCUT2D eigenvalue weighted by atomic mass is 35.5. The number of carbonyl (C=O) groups is 2. The molecule has 0 spiro atoms. The molecule has 32 heavy (non-hydrogen) atoms. The van der Waals surface area contributed by atoms with Crippen molar-refractivity contribution in [2.24, 2.45) is 0 Å². The Morgan fingerprint density at radius 3 is 2.62 bits per heavy atom. The molecule has 0 aliphatic carbocycles. The summed E-state index contributed by atoms with van der Waals surface area (Å²) in [5.74, 6) is 0.681. The Hall–Kier alpha value is -2.81. The minimum Gasteiger partial charge on any atom is -0.497 e. The third-order valence-corrected chi connectivity index (χ3v) is 5.33. The summed E-state index contributed by atoms with van der Waals surface area (Å²) in [6, 6.07) is 12.6. The number of hydrogen-bond donors (Lipinski definition) is 2. The maximum atomic E-state index is 12.6. The van der Waals surface area contributed by atoms with Crippen LogP contribution in [-0.2, 0) is 16.1 Å². The van der Waals surface area contributed by atoms with Gasteiger partial charge in [-0.25, -0.2) is 0 Å². The van der Waals surface area contributed by atoms with Crippen molar-refractivity contribution < 1.29 is 24.2 Å². The third-order valence-electron chi connectivity index (χ3n) is 5.08. The van der Waals surface area contributed by atoms with E-state index in [1.54, 1.807) is 23.1 Å². The van der Waals surface area contributed by atoms with Gasteiger partial charge in [0.15, 0.2) is 0 Å². The van der Waals surface area contributed by atoms with E-state index in [1.165, 1.54) is 14.0 Å². The second-order valence-electron chi connectivity index (χ2n) is 7.68. The summed E-state index contributed by atoms with van der Waals surface area (Å²) in [4.78, 5) is 27.7. The largest absolute Gasteiger partial charge is 0.497 e. The van der Waals surface area contributed by atoms with Crippen LogP contribution in [-0.4, -0.2) is 72.7 Å². The first-order valence-corrected chi connectivity index (χ1v) is 10.7. The highest BCUT2D eigenvalue weighted by Crippen LogP contribution is 2.29. The fourth-order valence-electron chi connectivity index (χ4n) is 3.47. The number of benzene rings is 2. The first-order valence-electron chi connectivity index (χ1n) is 10.3. The predicted octanol–water partition coefficient (Wildman–Crippen LogP) is 2.39. The molecule has 1 aliphatic heterocycles. The molecule has 1 saturated heterocycles. The Morgan fingerprint density at radius 2 is 1.97 bits per heavy atom. The average Bonchev–Trinajstić information content (AvgIpc) is 2.76.